The highest BCUT2D eigenvalue weighted by atomic mass is 16.3. The number of rotatable bonds is 3. The summed E-state index contributed by atoms with van der Waals surface area (Å²) in [5.74, 6) is 0.627. The Kier molecular flexibility index (Phi) is 4.77. The van der Waals surface area contributed by atoms with Gasteiger partial charge in [0.15, 0.2) is 0 Å². The van der Waals surface area contributed by atoms with Crippen LogP contribution in [0.3, 0.4) is 0 Å². The smallest absolute Gasteiger partial charge is 0.0627 e. The average molecular weight is 276 g/mol. The molecule has 0 spiro atoms. The lowest BCUT2D eigenvalue weighted by molar-refractivity contribution is 0.141. The van der Waals surface area contributed by atoms with Gasteiger partial charge in [-0.25, -0.2) is 0 Å². The van der Waals surface area contributed by atoms with Crippen LogP contribution in [-0.2, 0) is 6.42 Å². The van der Waals surface area contributed by atoms with Gasteiger partial charge in [-0.05, 0) is 50.5 Å². The largest absolute Gasteiger partial charge is 0.393 e. The summed E-state index contributed by atoms with van der Waals surface area (Å²) in [5.41, 5.74) is 1.23. The van der Waals surface area contributed by atoms with Gasteiger partial charge in [0.25, 0.3) is 0 Å². The van der Waals surface area contributed by atoms with E-state index in [-0.39, 0.29) is 6.10 Å². The molecule has 0 radical (unpaired) electrons. The van der Waals surface area contributed by atoms with Crippen molar-refractivity contribution in [1.82, 2.24) is 9.78 Å². The second kappa shape index (κ2) is 6.75. The molecule has 2 unspecified atom stereocenters. The standard InChI is InChI=1S/C17H28N2O/c20-17-9-5-4-6-14(13-17)12-15-10-11-19(18-15)16-7-2-1-3-8-16/h10-11,14,16-17,20H,1-9,12-13H2. The van der Waals surface area contributed by atoms with Crippen molar-refractivity contribution in [3.63, 3.8) is 0 Å². The molecule has 1 aromatic heterocycles. The summed E-state index contributed by atoms with van der Waals surface area (Å²) < 4.78 is 2.21. The van der Waals surface area contributed by atoms with E-state index in [0.717, 1.165) is 19.3 Å². The van der Waals surface area contributed by atoms with Crippen LogP contribution in [0.25, 0.3) is 0 Å². The molecule has 0 aromatic carbocycles. The summed E-state index contributed by atoms with van der Waals surface area (Å²) in [6.45, 7) is 0. The normalized spacial score (nSPS) is 29.2. The second-order valence-electron chi connectivity index (χ2n) is 6.82. The molecule has 1 heterocycles. The van der Waals surface area contributed by atoms with Crippen LogP contribution in [-0.4, -0.2) is 21.0 Å². The fraction of sp³-hybridized carbons (Fsp3) is 0.824. The van der Waals surface area contributed by atoms with Crippen LogP contribution in [0.15, 0.2) is 12.3 Å². The quantitative estimate of drug-likeness (QED) is 0.851. The Morgan fingerprint density at radius 3 is 2.65 bits per heavy atom. The van der Waals surface area contributed by atoms with Gasteiger partial charge in [0.2, 0.25) is 0 Å². The van der Waals surface area contributed by atoms with Gasteiger partial charge in [0, 0.05) is 6.20 Å². The minimum atomic E-state index is -0.0806. The van der Waals surface area contributed by atoms with Crippen LogP contribution in [0, 0.1) is 5.92 Å². The predicted octanol–water partition coefficient (Wildman–Crippen LogP) is 3.87. The molecule has 0 aliphatic heterocycles. The maximum Gasteiger partial charge on any atom is 0.0627 e. The van der Waals surface area contributed by atoms with Gasteiger partial charge in [0.05, 0.1) is 17.8 Å². The van der Waals surface area contributed by atoms with Crippen LogP contribution in [0.1, 0.15) is 75.9 Å². The summed E-state index contributed by atoms with van der Waals surface area (Å²) in [7, 11) is 0. The zero-order valence-electron chi connectivity index (χ0n) is 12.5. The van der Waals surface area contributed by atoms with Crippen molar-refractivity contribution in [2.75, 3.05) is 0 Å². The zero-order valence-corrected chi connectivity index (χ0v) is 12.5. The molecule has 20 heavy (non-hydrogen) atoms. The Bertz CT molecular complexity index is 409. The first-order valence-electron chi connectivity index (χ1n) is 8.53. The average Bonchev–Trinajstić information content (AvgIpc) is 2.83. The Balaban J connectivity index is 1.58. The van der Waals surface area contributed by atoms with E-state index >= 15 is 0 Å². The zero-order chi connectivity index (χ0) is 13.8. The lowest BCUT2D eigenvalue weighted by Crippen LogP contribution is -2.15. The van der Waals surface area contributed by atoms with E-state index in [2.05, 4.69) is 16.9 Å². The number of nitrogens with zero attached hydrogens (tertiary/aromatic N) is 2. The van der Waals surface area contributed by atoms with Gasteiger partial charge in [-0.2, -0.15) is 5.10 Å². The molecule has 0 saturated heterocycles. The third-order valence-electron chi connectivity index (χ3n) is 5.12. The van der Waals surface area contributed by atoms with Crippen molar-refractivity contribution < 1.29 is 5.11 Å². The highest BCUT2D eigenvalue weighted by Crippen LogP contribution is 2.29. The highest BCUT2D eigenvalue weighted by molar-refractivity contribution is 5.02. The monoisotopic (exact) mass is 276 g/mol. The maximum absolute atomic E-state index is 9.92. The Hall–Kier alpha value is -0.830. The lowest BCUT2D eigenvalue weighted by atomic mass is 9.94. The summed E-state index contributed by atoms with van der Waals surface area (Å²) in [6, 6.07) is 2.84. The van der Waals surface area contributed by atoms with Crippen molar-refractivity contribution in [1.29, 1.82) is 0 Å². The molecular weight excluding hydrogens is 248 g/mol. The van der Waals surface area contributed by atoms with Crippen molar-refractivity contribution in [3.8, 4) is 0 Å². The van der Waals surface area contributed by atoms with Crippen molar-refractivity contribution in [2.24, 2.45) is 5.92 Å². The highest BCUT2D eigenvalue weighted by Gasteiger charge is 2.21. The first kappa shape index (κ1) is 14.1. The summed E-state index contributed by atoms with van der Waals surface area (Å²) in [5, 5.41) is 14.7. The molecule has 2 fully saturated rings. The van der Waals surface area contributed by atoms with E-state index in [1.807, 2.05) is 0 Å². The Labute approximate surface area is 122 Å². The molecular formula is C17H28N2O. The molecule has 3 nitrogen and oxygen atoms in total. The third kappa shape index (κ3) is 3.63. The summed E-state index contributed by atoms with van der Waals surface area (Å²) >= 11 is 0. The molecule has 2 saturated carbocycles. The van der Waals surface area contributed by atoms with Crippen LogP contribution in [0.5, 0.6) is 0 Å². The molecule has 2 atom stereocenters. The van der Waals surface area contributed by atoms with E-state index < -0.39 is 0 Å². The van der Waals surface area contributed by atoms with Crippen molar-refractivity contribution >= 4 is 0 Å². The third-order valence-corrected chi connectivity index (χ3v) is 5.12. The molecule has 1 aromatic rings. The molecule has 3 heteroatoms. The number of aliphatic hydroxyl groups excluding tert-OH is 1. The van der Waals surface area contributed by atoms with Gasteiger partial charge in [0.1, 0.15) is 0 Å². The Morgan fingerprint density at radius 1 is 1.05 bits per heavy atom. The summed E-state index contributed by atoms with van der Waals surface area (Å²) in [6.07, 6.45) is 15.5. The first-order chi connectivity index (χ1) is 9.81. The van der Waals surface area contributed by atoms with Gasteiger partial charge < -0.3 is 5.11 Å². The fourth-order valence-electron chi connectivity index (χ4n) is 3.95. The molecule has 112 valence electrons. The van der Waals surface area contributed by atoms with Crippen molar-refractivity contribution in [3.05, 3.63) is 18.0 Å². The fourth-order valence-corrected chi connectivity index (χ4v) is 3.95. The van der Waals surface area contributed by atoms with Crippen LogP contribution in [0.2, 0.25) is 0 Å². The van der Waals surface area contributed by atoms with Gasteiger partial charge in [-0.15, -0.1) is 0 Å². The molecule has 0 amide bonds. The van der Waals surface area contributed by atoms with Crippen LogP contribution < -0.4 is 0 Å². The predicted molar refractivity (Wildman–Crippen MR) is 80.6 cm³/mol. The second-order valence-corrected chi connectivity index (χ2v) is 6.82. The van der Waals surface area contributed by atoms with E-state index in [4.69, 9.17) is 5.10 Å². The SMILES string of the molecule is OC1CCCCC(Cc2ccn(C3CCCCC3)n2)C1. The number of aromatic nitrogens is 2. The molecule has 1 N–H and O–H groups in total. The van der Waals surface area contributed by atoms with E-state index in [9.17, 15) is 5.11 Å². The minimum absolute atomic E-state index is 0.0806. The molecule has 0 bridgehead atoms. The Morgan fingerprint density at radius 2 is 1.80 bits per heavy atom. The summed E-state index contributed by atoms with van der Waals surface area (Å²) in [4.78, 5) is 0. The molecule has 3 rings (SSSR count). The van der Waals surface area contributed by atoms with Gasteiger partial charge in [-0.3, -0.25) is 4.68 Å². The lowest BCUT2D eigenvalue weighted by Gasteiger charge is -2.22. The van der Waals surface area contributed by atoms with E-state index in [1.54, 1.807) is 0 Å². The maximum atomic E-state index is 9.92. The minimum Gasteiger partial charge on any atom is -0.393 e. The van der Waals surface area contributed by atoms with E-state index in [1.165, 1.54) is 57.1 Å². The first-order valence-corrected chi connectivity index (χ1v) is 8.53. The van der Waals surface area contributed by atoms with Crippen LogP contribution >= 0.6 is 0 Å². The topological polar surface area (TPSA) is 38.0 Å². The number of aliphatic hydroxyl groups is 1. The van der Waals surface area contributed by atoms with E-state index in [0.29, 0.717) is 12.0 Å². The number of hydrogen-bond donors (Lipinski definition) is 1. The number of hydrogen-bond acceptors (Lipinski definition) is 2. The van der Waals surface area contributed by atoms with Gasteiger partial charge in [-0.1, -0.05) is 32.1 Å². The van der Waals surface area contributed by atoms with Crippen molar-refractivity contribution in [2.45, 2.75) is 82.8 Å². The molecule has 2 aliphatic carbocycles. The molecule has 2 aliphatic rings. The van der Waals surface area contributed by atoms with Crippen LogP contribution in [0.4, 0.5) is 0 Å². The van der Waals surface area contributed by atoms with Gasteiger partial charge >= 0.3 is 0 Å².